The average Bonchev–Trinajstić information content (AvgIpc) is 3.25. The Bertz CT molecular complexity index is 1480. The summed E-state index contributed by atoms with van der Waals surface area (Å²) in [6.07, 6.45) is 2.35. The van der Waals surface area contributed by atoms with E-state index in [4.69, 9.17) is 9.84 Å². The van der Waals surface area contributed by atoms with Crippen molar-refractivity contribution in [1.29, 1.82) is 0 Å². The van der Waals surface area contributed by atoms with Crippen LogP contribution in [0.3, 0.4) is 0 Å². The standard InChI is InChI=1S/C25H18N2O6/c1-27-12-14(9-21-24(30)23-19(29)10-16(28)11-20(23)33-21)22-17(3-2-4-18(22)27)13-5-7-15(8-6-13)26-25(31)32/h2-12,26,28-29H,1H3,(H,31,32)/b21-9-. The SMILES string of the molecule is Cn1cc(/C=C2\Oc3cc(O)cc(O)c3C2=O)c2c(-c3ccc(NC(=O)O)cc3)cccc21. The molecule has 0 atom stereocenters. The Morgan fingerprint density at radius 1 is 1.09 bits per heavy atom. The van der Waals surface area contributed by atoms with Gasteiger partial charge in [0.05, 0.1) is 0 Å². The van der Waals surface area contributed by atoms with Crippen molar-refractivity contribution < 1.29 is 29.6 Å². The minimum atomic E-state index is -1.14. The maximum Gasteiger partial charge on any atom is 0.409 e. The van der Waals surface area contributed by atoms with E-state index in [1.165, 1.54) is 6.07 Å². The Kier molecular flexibility index (Phi) is 4.56. The quantitative estimate of drug-likeness (QED) is 0.333. The fraction of sp³-hybridized carbons (Fsp3) is 0.0400. The van der Waals surface area contributed by atoms with Gasteiger partial charge in [-0.3, -0.25) is 10.1 Å². The summed E-state index contributed by atoms with van der Waals surface area (Å²) in [4.78, 5) is 23.7. The molecule has 5 rings (SSSR count). The van der Waals surface area contributed by atoms with E-state index in [0.717, 1.165) is 33.7 Å². The van der Waals surface area contributed by atoms with Gasteiger partial charge in [-0.25, -0.2) is 4.79 Å². The molecule has 0 spiro atoms. The topological polar surface area (TPSA) is 121 Å². The molecule has 0 unspecified atom stereocenters. The molecule has 164 valence electrons. The number of ketones is 1. The number of rotatable bonds is 3. The first kappa shape index (κ1) is 20.2. The van der Waals surface area contributed by atoms with Gasteiger partial charge in [-0.15, -0.1) is 0 Å². The van der Waals surface area contributed by atoms with Crippen molar-refractivity contribution in [2.45, 2.75) is 0 Å². The van der Waals surface area contributed by atoms with E-state index in [0.29, 0.717) is 5.69 Å². The van der Waals surface area contributed by atoms with Crippen molar-refractivity contribution in [3.63, 3.8) is 0 Å². The number of carbonyl (C=O) groups is 2. The van der Waals surface area contributed by atoms with Crippen LogP contribution >= 0.6 is 0 Å². The lowest BCUT2D eigenvalue weighted by atomic mass is 9.98. The molecule has 0 bridgehead atoms. The number of amides is 1. The molecule has 0 aliphatic carbocycles. The normalized spacial score (nSPS) is 13.8. The zero-order valence-corrected chi connectivity index (χ0v) is 17.4. The van der Waals surface area contributed by atoms with Crippen LogP contribution in [0.1, 0.15) is 15.9 Å². The van der Waals surface area contributed by atoms with Crippen LogP contribution in [0.4, 0.5) is 10.5 Å². The summed E-state index contributed by atoms with van der Waals surface area (Å²) in [5.41, 5.74) is 3.89. The maximum atomic E-state index is 12.9. The first-order valence-electron chi connectivity index (χ1n) is 10.0. The molecule has 0 fully saturated rings. The van der Waals surface area contributed by atoms with E-state index in [2.05, 4.69) is 5.32 Å². The molecule has 1 amide bonds. The predicted octanol–water partition coefficient (Wildman–Crippen LogP) is 4.96. The molecule has 3 aromatic carbocycles. The van der Waals surface area contributed by atoms with E-state index in [9.17, 15) is 19.8 Å². The molecular formula is C25H18N2O6. The lowest BCUT2D eigenvalue weighted by Gasteiger charge is -2.08. The minimum Gasteiger partial charge on any atom is -0.508 e. The molecular weight excluding hydrogens is 424 g/mol. The zero-order chi connectivity index (χ0) is 23.3. The van der Waals surface area contributed by atoms with Crippen LogP contribution in [0.15, 0.2) is 66.6 Å². The number of hydrogen-bond acceptors (Lipinski definition) is 5. The van der Waals surface area contributed by atoms with E-state index < -0.39 is 11.9 Å². The lowest BCUT2D eigenvalue weighted by molar-refractivity contribution is 0.101. The summed E-state index contributed by atoms with van der Waals surface area (Å²) >= 11 is 0. The molecule has 1 aromatic heterocycles. The van der Waals surface area contributed by atoms with Crippen LogP contribution in [0.5, 0.6) is 17.2 Å². The van der Waals surface area contributed by atoms with Gasteiger partial charge in [0.15, 0.2) is 5.76 Å². The lowest BCUT2D eigenvalue weighted by Crippen LogP contribution is -2.06. The highest BCUT2D eigenvalue weighted by Gasteiger charge is 2.31. The van der Waals surface area contributed by atoms with Crippen LogP contribution in [-0.2, 0) is 7.05 Å². The number of phenolic OH excluding ortho intramolecular Hbond substituents is 2. The molecule has 8 heteroatoms. The fourth-order valence-electron chi connectivity index (χ4n) is 4.11. The highest BCUT2D eigenvalue weighted by molar-refractivity contribution is 6.17. The number of nitrogens with zero attached hydrogens (tertiary/aromatic N) is 1. The Morgan fingerprint density at radius 2 is 1.85 bits per heavy atom. The monoisotopic (exact) mass is 442 g/mol. The highest BCUT2D eigenvalue weighted by Crippen LogP contribution is 2.41. The number of anilines is 1. The van der Waals surface area contributed by atoms with Gasteiger partial charge in [-0.05, 0) is 35.4 Å². The van der Waals surface area contributed by atoms with Crippen LogP contribution < -0.4 is 10.1 Å². The van der Waals surface area contributed by atoms with Crippen molar-refractivity contribution in [2.75, 3.05) is 5.32 Å². The second kappa shape index (κ2) is 7.45. The zero-order valence-electron chi connectivity index (χ0n) is 17.4. The van der Waals surface area contributed by atoms with Gasteiger partial charge in [-0.2, -0.15) is 0 Å². The molecule has 8 nitrogen and oxygen atoms in total. The van der Waals surface area contributed by atoms with Gasteiger partial charge in [-0.1, -0.05) is 24.3 Å². The average molecular weight is 442 g/mol. The van der Waals surface area contributed by atoms with E-state index in [-0.39, 0.29) is 28.6 Å². The van der Waals surface area contributed by atoms with Gasteiger partial charge in [0.1, 0.15) is 22.8 Å². The molecule has 0 saturated carbocycles. The fourth-order valence-corrected chi connectivity index (χ4v) is 4.11. The number of aromatic nitrogens is 1. The van der Waals surface area contributed by atoms with Crippen LogP contribution in [-0.4, -0.2) is 31.8 Å². The summed E-state index contributed by atoms with van der Waals surface area (Å²) in [6.45, 7) is 0. The smallest absolute Gasteiger partial charge is 0.409 e. The summed E-state index contributed by atoms with van der Waals surface area (Å²) in [5, 5.41) is 31.9. The second-order valence-electron chi connectivity index (χ2n) is 7.68. The summed E-state index contributed by atoms with van der Waals surface area (Å²) in [6, 6.07) is 15.2. The predicted molar refractivity (Wildman–Crippen MR) is 123 cm³/mol. The summed E-state index contributed by atoms with van der Waals surface area (Å²) < 4.78 is 7.59. The third-order valence-electron chi connectivity index (χ3n) is 5.51. The number of Topliss-reactive ketones (excluding diaryl/α,β-unsaturated/α-hetero) is 1. The number of aromatic hydroxyl groups is 2. The van der Waals surface area contributed by atoms with E-state index >= 15 is 0 Å². The molecule has 4 N–H and O–H groups in total. The van der Waals surface area contributed by atoms with Crippen LogP contribution in [0.25, 0.3) is 28.1 Å². The third kappa shape index (κ3) is 3.43. The molecule has 2 heterocycles. The molecule has 0 saturated heterocycles. The number of hydrogen-bond donors (Lipinski definition) is 4. The number of aryl methyl sites for hydroxylation is 1. The molecule has 4 aromatic rings. The second-order valence-corrected chi connectivity index (χ2v) is 7.68. The number of benzene rings is 3. The number of carboxylic acid groups (broad SMARTS) is 1. The number of nitrogens with one attached hydrogen (secondary N) is 1. The van der Waals surface area contributed by atoms with Gasteiger partial charge in [0.25, 0.3) is 0 Å². The highest BCUT2D eigenvalue weighted by atomic mass is 16.5. The van der Waals surface area contributed by atoms with Crippen molar-refractivity contribution in [2.24, 2.45) is 7.05 Å². The van der Waals surface area contributed by atoms with E-state index in [1.54, 1.807) is 18.2 Å². The van der Waals surface area contributed by atoms with E-state index in [1.807, 2.05) is 48.1 Å². The number of allylic oxidation sites excluding steroid dienone is 1. The first-order valence-corrected chi connectivity index (χ1v) is 10.0. The van der Waals surface area contributed by atoms with Crippen molar-refractivity contribution in [3.05, 3.63) is 77.7 Å². The number of phenols is 2. The minimum absolute atomic E-state index is 0.0148. The van der Waals surface area contributed by atoms with Crippen LogP contribution in [0, 0.1) is 0 Å². The van der Waals surface area contributed by atoms with Gasteiger partial charge in [0.2, 0.25) is 5.78 Å². The molecule has 0 radical (unpaired) electrons. The van der Waals surface area contributed by atoms with Gasteiger partial charge in [0, 0.05) is 47.5 Å². The number of carbonyl (C=O) groups excluding carboxylic acids is 1. The Morgan fingerprint density at radius 3 is 2.58 bits per heavy atom. The van der Waals surface area contributed by atoms with Gasteiger partial charge < -0.3 is 24.6 Å². The number of ether oxygens (including phenoxy) is 1. The first-order chi connectivity index (χ1) is 15.8. The van der Waals surface area contributed by atoms with Gasteiger partial charge >= 0.3 is 6.09 Å². The summed E-state index contributed by atoms with van der Waals surface area (Å²) in [5.74, 6) is -0.873. The Balaban J connectivity index is 1.62. The molecule has 1 aliphatic rings. The van der Waals surface area contributed by atoms with Crippen molar-refractivity contribution >= 4 is 34.5 Å². The van der Waals surface area contributed by atoms with Crippen LogP contribution in [0.2, 0.25) is 0 Å². The Labute approximate surface area is 187 Å². The Hall–Kier alpha value is -4.72. The maximum absolute atomic E-state index is 12.9. The molecule has 33 heavy (non-hydrogen) atoms. The summed E-state index contributed by atoms with van der Waals surface area (Å²) in [7, 11) is 1.89. The van der Waals surface area contributed by atoms with Crippen molar-refractivity contribution in [1.82, 2.24) is 4.57 Å². The van der Waals surface area contributed by atoms with Crippen molar-refractivity contribution in [3.8, 4) is 28.4 Å². The third-order valence-corrected chi connectivity index (χ3v) is 5.51. The number of fused-ring (bicyclic) bond motifs is 2. The largest absolute Gasteiger partial charge is 0.508 e. The molecule has 1 aliphatic heterocycles.